The molecule has 4 N–H and O–H groups in total. The molecule has 2 aromatic carbocycles. The fraction of sp³-hybridized carbons (Fsp3) is 0.176. The Bertz CT molecular complexity index is 677. The third-order valence-corrected chi connectivity index (χ3v) is 3.55. The van der Waals surface area contributed by atoms with Gasteiger partial charge in [-0.25, -0.2) is 4.79 Å². The van der Waals surface area contributed by atoms with Crippen LogP contribution in [0.2, 0.25) is 5.02 Å². The van der Waals surface area contributed by atoms with Gasteiger partial charge in [0.25, 0.3) is 5.91 Å². The number of hydrogen-bond donors (Lipinski definition) is 3. The lowest BCUT2D eigenvalue weighted by Gasteiger charge is -2.11. The predicted molar refractivity (Wildman–Crippen MR) is 90.3 cm³/mol. The van der Waals surface area contributed by atoms with Crippen molar-refractivity contribution in [2.24, 2.45) is 0 Å². The first-order chi connectivity index (χ1) is 11.0. The molecule has 0 unspecified atom stereocenters. The van der Waals surface area contributed by atoms with Crippen LogP contribution in [-0.4, -0.2) is 18.5 Å². The predicted octanol–water partition coefficient (Wildman–Crippen LogP) is 2.31. The molecular weight excluding hydrogens is 314 g/mol. The molecule has 0 fully saturated rings. The van der Waals surface area contributed by atoms with Gasteiger partial charge in [0.15, 0.2) is 6.54 Å². The van der Waals surface area contributed by atoms with E-state index in [1.54, 1.807) is 30.3 Å². The summed E-state index contributed by atoms with van der Waals surface area (Å²) >= 11 is 5.95. The van der Waals surface area contributed by atoms with Gasteiger partial charge in [0, 0.05) is 16.3 Å². The Morgan fingerprint density at radius 1 is 1.13 bits per heavy atom. The first kappa shape index (κ1) is 17.0. The number of carbonyl (C=O) groups excluding carboxylic acids is 2. The van der Waals surface area contributed by atoms with Gasteiger partial charge in [-0.2, -0.15) is 0 Å². The highest BCUT2D eigenvalue weighted by molar-refractivity contribution is 6.30. The molecule has 6 heteroatoms. The van der Waals surface area contributed by atoms with Gasteiger partial charge in [-0.1, -0.05) is 41.9 Å². The summed E-state index contributed by atoms with van der Waals surface area (Å²) in [5.74, 6) is -0.354. The maximum atomic E-state index is 11.8. The van der Waals surface area contributed by atoms with Gasteiger partial charge in [-0.15, -0.1) is 0 Å². The minimum Gasteiger partial charge on any atom is -0.333 e. The monoisotopic (exact) mass is 332 g/mol. The minimum atomic E-state index is -0.537. The fourth-order valence-electron chi connectivity index (χ4n) is 2.07. The Morgan fingerprint density at radius 2 is 1.87 bits per heavy atom. The van der Waals surface area contributed by atoms with E-state index in [1.807, 2.05) is 36.5 Å². The van der Waals surface area contributed by atoms with E-state index < -0.39 is 6.03 Å². The second-order valence-corrected chi connectivity index (χ2v) is 5.59. The standard InChI is InChI=1S/C17H18ClN3O2/c1-12(13-6-5-7-14(18)10-13)19-11-16(22)21-17(23)20-15-8-3-2-4-9-15/h2-10,12,19H,11H2,1H3,(H2,20,21,22,23)/p+1/t12-/m1/s1. The lowest BCUT2D eigenvalue weighted by molar-refractivity contribution is -0.682. The maximum Gasteiger partial charge on any atom is 0.326 e. The van der Waals surface area contributed by atoms with Gasteiger partial charge in [0.1, 0.15) is 6.04 Å². The molecule has 1 atom stereocenters. The quantitative estimate of drug-likeness (QED) is 0.786. The number of nitrogens with one attached hydrogen (secondary N) is 2. The molecule has 5 nitrogen and oxygen atoms in total. The van der Waals surface area contributed by atoms with Crippen LogP contribution in [0.3, 0.4) is 0 Å². The van der Waals surface area contributed by atoms with Gasteiger partial charge >= 0.3 is 6.03 Å². The van der Waals surface area contributed by atoms with Crippen molar-refractivity contribution in [2.45, 2.75) is 13.0 Å². The molecule has 2 rings (SSSR count). The van der Waals surface area contributed by atoms with Crippen molar-refractivity contribution in [2.75, 3.05) is 11.9 Å². The highest BCUT2D eigenvalue weighted by Crippen LogP contribution is 2.14. The summed E-state index contributed by atoms with van der Waals surface area (Å²) in [4.78, 5) is 23.5. The first-order valence-electron chi connectivity index (χ1n) is 7.29. The summed E-state index contributed by atoms with van der Waals surface area (Å²) in [6.07, 6.45) is 0. The molecule has 0 spiro atoms. The number of quaternary nitrogens is 1. The van der Waals surface area contributed by atoms with Gasteiger partial charge < -0.3 is 10.6 Å². The number of nitrogens with two attached hydrogens (primary N) is 1. The zero-order valence-electron chi connectivity index (χ0n) is 12.8. The Balaban J connectivity index is 1.77. The Labute approximate surface area is 140 Å². The van der Waals surface area contributed by atoms with Crippen molar-refractivity contribution in [1.82, 2.24) is 5.32 Å². The van der Waals surface area contributed by atoms with E-state index in [1.165, 1.54) is 0 Å². The number of para-hydroxylation sites is 1. The van der Waals surface area contributed by atoms with E-state index in [0.717, 1.165) is 5.56 Å². The molecule has 0 aromatic heterocycles. The van der Waals surface area contributed by atoms with Crippen LogP contribution >= 0.6 is 11.6 Å². The van der Waals surface area contributed by atoms with E-state index in [9.17, 15) is 9.59 Å². The molecule has 120 valence electrons. The zero-order chi connectivity index (χ0) is 16.7. The third-order valence-electron chi connectivity index (χ3n) is 3.32. The summed E-state index contributed by atoms with van der Waals surface area (Å²) in [6, 6.07) is 16.0. The van der Waals surface area contributed by atoms with Crippen molar-refractivity contribution in [3.8, 4) is 0 Å². The second-order valence-electron chi connectivity index (χ2n) is 5.15. The van der Waals surface area contributed by atoms with Crippen LogP contribution in [0.1, 0.15) is 18.5 Å². The van der Waals surface area contributed by atoms with E-state index in [0.29, 0.717) is 10.7 Å². The van der Waals surface area contributed by atoms with Gasteiger partial charge in [0.2, 0.25) is 0 Å². The molecule has 0 saturated heterocycles. The zero-order valence-corrected chi connectivity index (χ0v) is 13.5. The van der Waals surface area contributed by atoms with Gasteiger partial charge in [-0.3, -0.25) is 10.1 Å². The van der Waals surface area contributed by atoms with Crippen molar-refractivity contribution in [3.05, 3.63) is 65.2 Å². The number of urea groups is 1. The van der Waals surface area contributed by atoms with E-state index in [-0.39, 0.29) is 18.5 Å². The number of benzene rings is 2. The summed E-state index contributed by atoms with van der Waals surface area (Å²) in [7, 11) is 0. The molecular formula is C17H19ClN3O2+. The van der Waals surface area contributed by atoms with Crippen molar-refractivity contribution in [1.29, 1.82) is 0 Å². The van der Waals surface area contributed by atoms with Crippen LogP contribution in [0.5, 0.6) is 0 Å². The fourth-order valence-corrected chi connectivity index (χ4v) is 2.27. The first-order valence-corrected chi connectivity index (χ1v) is 7.67. The van der Waals surface area contributed by atoms with Crippen LogP contribution in [0.25, 0.3) is 0 Å². The molecule has 0 aliphatic carbocycles. The molecule has 0 saturated carbocycles. The van der Waals surface area contributed by atoms with Crippen LogP contribution in [0, 0.1) is 0 Å². The van der Waals surface area contributed by atoms with Gasteiger partial charge in [-0.05, 0) is 31.2 Å². The highest BCUT2D eigenvalue weighted by atomic mass is 35.5. The van der Waals surface area contributed by atoms with Crippen molar-refractivity contribution < 1.29 is 14.9 Å². The van der Waals surface area contributed by atoms with Crippen molar-refractivity contribution >= 4 is 29.2 Å². The summed E-state index contributed by atoms with van der Waals surface area (Å²) in [6.45, 7) is 2.12. The number of halogens is 1. The molecule has 2 aromatic rings. The lowest BCUT2D eigenvalue weighted by atomic mass is 10.1. The molecule has 23 heavy (non-hydrogen) atoms. The van der Waals surface area contributed by atoms with Crippen LogP contribution < -0.4 is 16.0 Å². The molecule has 3 amide bonds. The average Bonchev–Trinajstić information content (AvgIpc) is 2.53. The molecule has 0 aliphatic heterocycles. The number of anilines is 1. The van der Waals surface area contributed by atoms with Crippen molar-refractivity contribution in [3.63, 3.8) is 0 Å². The summed E-state index contributed by atoms with van der Waals surface area (Å²) < 4.78 is 0. The number of amides is 3. The van der Waals surface area contributed by atoms with E-state index >= 15 is 0 Å². The number of imide groups is 1. The largest absolute Gasteiger partial charge is 0.333 e. The Hall–Kier alpha value is -2.37. The van der Waals surface area contributed by atoms with Crippen LogP contribution in [0.15, 0.2) is 54.6 Å². The second kappa shape index (κ2) is 8.31. The van der Waals surface area contributed by atoms with Crippen LogP contribution in [-0.2, 0) is 4.79 Å². The molecule has 0 heterocycles. The summed E-state index contributed by atoms with van der Waals surface area (Å²) in [5.41, 5.74) is 1.66. The Kier molecular flexibility index (Phi) is 6.14. The smallest absolute Gasteiger partial charge is 0.326 e. The van der Waals surface area contributed by atoms with E-state index in [2.05, 4.69) is 10.6 Å². The Morgan fingerprint density at radius 3 is 2.57 bits per heavy atom. The van der Waals surface area contributed by atoms with E-state index in [4.69, 9.17) is 11.6 Å². The van der Waals surface area contributed by atoms with Crippen LogP contribution in [0.4, 0.5) is 10.5 Å². The summed E-state index contributed by atoms with van der Waals surface area (Å²) in [5, 5.41) is 7.40. The maximum absolute atomic E-state index is 11.8. The molecule has 0 radical (unpaired) electrons. The molecule has 0 aliphatic rings. The normalized spacial score (nSPS) is 11.6. The highest BCUT2D eigenvalue weighted by Gasteiger charge is 2.13. The number of hydrogen-bond acceptors (Lipinski definition) is 2. The topological polar surface area (TPSA) is 74.8 Å². The van der Waals surface area contributed by atoms with Gasteiger partial charge in [0.05, 0.1) is 0 Å². The third kappa shape index (κ3) is 5.73. The number of rotatable bonds is 5. The number of carbonyl (C=O) groups is 2. The average molecular weight is 333 g/mol. The minimum absolute atomic E-state index is 0.0663. The SMILES string of the molecule is C[C@@H]([NH2+]CC(=O)NC(=O)Nc1ccccc1)c1cccc(Cl)c1. The lowest BCUT2D eigenvalue weighted by Crippen LogP contribution is -2.87. The molecule has 0 bridgehead atoms.